The smallest absolute Gasteiger partial charge is 0.0354 e. The maximum Gasteiger partial charge on any atom is -0.0354 e. The third-order valence-electron chi connectivity index (χ3n) is 2.80. The molecule has 0 fully saturated rings. The summed E-state index contributed by atoms with van der Waals surface area (Å²) in [6.07, 6.45) is 5.53. The molecule has 0 heterocycles. The maximum atomic E-state index is 2.41. The second-order valence-electron chi connectivity index (χ2n) is 6.03. The van der Waals surface area contributed by atoms with E-state index in [2.05, 4.69) is 41.5 Å². The Labute approximate surface area is 98.9 Å². The predicted molar refractivity (Wildman–Crippen MR) is 73.3 cm³/mol. The van der Waals surface area contributed by atoms with E-state index in [9.17, 15) is 0 Å². The molecule has 94 valence electrons. The SMILES string of the molecule is CC.CC(C)CCC(C)(C)CCC(C)C. The molecule has 0 aromatic heterocycles. The van der Waals surface area contributed by atoms with Crippen LogP contribution in [0.5, 0.6) is 0 Å². The van der Waals surface area contributed by atoms with Crippen LogP contribution >= 0.6 is 0 Å². The third kappa shape index (κ3) is 14.0. The van der Waals surface area contributed by atoms with Gasteiger partial charge in [0.15, 0.2) is 0 Å². The predicted octanol–water partition coefficient (Wildman–Crippen LogP) is 5.91. The lowest BCUT2D eigenvalue weighted by Crippen LogP contribution is -2.13. The van der Waals surface area contributed by atoms with E-state index >= 15 is 0 Å². The molecule has 0 spiro atoms. The summed E-state index contributed by atoms with van der Waals surface area (Å²) in [5.74, 6) is 1.72. The first-order valence-corrected chi connectivity index (χ1v) is 6.83. The van der Waals surface area contributed by atoms with Gasteiger partial charge in [-0.15, -0.1) is 0 Å². The molecule has 15 heavy (non-hydrogen) atoms. The van der Waals surface area contributed by atoms with Gasteiger partial charge < -0.3 is 0 Å². The molecule has 0 radical (unpaired) electrons. The van der Waals surface area contributed by atoms with Crippen LogP contribution in [0, 0.1) is 17.3 Å². The zero-order valence-electron chi connectivity index (χ0n) is 12.5. The van der Waals surface area contributed by atoms with Gasteiger partial charge in [-0.1, -0.05) is 68.2 Å². The molecule has 0 aliphatic carbocycles. The Kier molecular flexibility index (Phi) is 10.7. The van der Waals surface area contributed by atoms with Crippen molar-refractivity contribution in [1.82, 2.24) is 0 Å². The fourth-order valence-electron chi connectivity index (χ4n) is 1.48. The summed E-state index contributed by atoms with van der Waals surface area (Å²) < 4.78 is 0. The number of hydrogen-bond donors (Lipinski definition) is 0. The standard InChI is InChI=1S/C13H28.C2H6/c1-11(2)7-9-13(5,6)10-8-12(3)4;1-2/h11-12H,7-10H2,1-6H3;1-2H3. The van der Waals surface area contributed by atoms with Gasteiger partial charge in [0, 0.05) is 0 Å². The molecule has 0 saturated heterocycles. The molecule has 0 amide bonds. The lowest BCUT2D eigenvalue weighted by atomic mass is 9.80. The second-order valence-corrected chi connectivity index (χ2v) is 6.03. The van der Waals surface area contributed by atoms with Crippen molar-refractivity contribution in [2.24, 2.45) is 17.3 Å². The zero-order chi connectivity index (χ0) is 12.5. The van der Waals surface area contributed by atoms with E-state index < -0.39 is 0 Å². The molecule has 0 unspecified atom stereocenters. The first kappa shape index (κ1) is 17.4. The zero-order valence-corrected chi connectivity index (χ0v) is 12.5. The molecule has 0 saturated carbocycles. The first-order chi connectivity index (χ1) is 6.83. The van der Waals surface area contributed by atoms with Gasteiger partial charge in [0.05, 0.1) is 0 Å². The monoisotopic (exact) mass is 214 g/mol. The van der Waals surface area contributed by atoms with Gasteiger partial charge in [0.2, 0.25) is 0 Å². The molecule has 0 aliphatic rings. The molecule has 0 N–H and O–H groups in total. The van der Waals surface area contributed by atoms with Crippen LogP contribution in [0.25, 0.3) is 0 Å². The van der Waals surface area contributed by atoms with Crippen LogP contribution in [0.3, 0.4) is 0 Å². The van der Waals surface area contributed by atoms with Gasteiger partial charge >= 0.3 is 0 Å². The summed E-state index contributed by atoms with van der Waals surface area (Å²) in [5.41, 5.74) is 0.564. The fraction of sp³-hybridized carbons (Fsp3) is 1.00. The van der Waals surface area contributed by atoms with Crippen molar-refractivity contribution < 1.29 is 0 Å². The average Bonchev–Trinajstić information content (AvgIpc) is 2.16. The first-order valence-electron chi connectivity index (χ1n) is 6.83. The molecule has 0 rings (SSSR count). The molecule has 0 nitrogen and oxygen atoms in total. The minimum atomic E-state index is 0.564. The molecule has 0 aromatic rings. The summed E-state index contributed by atoms with van der Waals surface area (Å²) in [4.78, 5) is 0. The second kappa shape index (κ2) is 9.24. The van der Waals surface area contributed by atoms with Gasteiger partial charge in [-0.05, 0) is 30.1 Å². The fourth-order valence-corrected chi connectivity index (χ4v) is 1.48. The van der Waals surface area contributed by atoms with Crippen LogP contribution in [0.15, 0.2) is 0 Å². The van der Waals surface area contributed by atoms with Crippen molar-refractivity contribution >= 4 is 0 Å². The van der Waals surface area contributed by atoms with Crippen molar-refractivity contribution in [3.8, 4) is 0 Å². The highest BCUT2D eigenvalue weighted by Gasteiger charge is 2.17. The van der Waals surface area contributed by atoms with E-state index in [1.54, 1.807) is 0 Å². The Balaban J connectivity index is 0. The molecule has 0 aromatic carbocycles. The summed E-state index contributed by atoms with van der Waals surface area (Å²) in [6.45, 7) is 18.1. The topological polar surface area (TPSA) is 0 Å². The summed E-state index contributed by atoms with van der Waals surface area (Å²) in [5, 5.41) is 0. The minimum Gasteiger partial charge on any atom is -0.0683 e. The highest BCUT2D eigenvalue weighted by Crippen LogP contribution is 2.31. The highest BCUT2D eigenvalue weighted by molar-refractivity contribution is 4.70. The van der Waals surface area contributed by atoms with Crippen LogP contribution in [0.2, 0.25) is 0 Å². The molecular formula is C15H34. The van der Waals surface area contributed by atoms with Crippen molar-refractivity contribution in [1.29, 1.82) is 0 Å². The molecule has 0 heteroatoms. The quantitative estimate of drug-likeness (QED) is 0.515. The normalized spacial score (nSPS) is 11.6. The Morgan fingerprint density at radius 2 is 1.00 bits per heavy atom. The average molecular weight is 214 g/mol. The van der Waals surface area contributed by atoms with Crippen LogP contribution in [-0.4, -0.2) is 0 Å². The van der Waals surface area contributed by atoms with E-state index in [1.165, 1.54) is 25.7 Å². The van der Waals surface area contributed by atoms with Crippen LogP contribution in [0.1, 0.15) is 81.1 Å². The van der Waals surface area contributed by atoms with E-state index in [0.29, 0.717) is 5.41 Å². The van der Waals surface area contributed by atoms with Gasteiger partial charge in [0.1, 0.15) is 0 Å². The number of hydrogen-bond acceptors (Lipinski definition) is 0. The lowest BCUT2D eigenvalue weighted by Gasteiger charge is -2.26. The van der Waals surface area contributed by atoms with Crippen molar-refractivity contribution in [3.63, 3.8) is 0 Å². The van der Waals surface area contributed by atoms with Crippen molar-refractivity contribution in [3.05, 3.63) is 0 Å². The number of rotatable bonds is 6. The van der Waals surface area contributed by atoms with E-state index in [4.69, 9.17) is 0 Å². The van der Waals surface area contributed by atoms with Gasteiger partial charge in [0.25, 0.3) is 0 Å². The Morgan fingerprint density at radius 1 is 0.733 bits per heavy atom. The minimum absolute atomic E-state index is 0.564. The van der Waals surface area contributed by atoms with Crippen molar-refractivity contribution in [2.45, 2.75) is 81.1 Å². The van der Waals surface area contributed by atoms with Crippen molar-refractivity contribution in [2.75, 3.05) is 0 Å². The summed E-state index contributed by atoms with van der Waals surface area (Å²) >= 11 is 0. The Hall–Kier alpha value is 0. The largest absolute Gasteiger partial charge is 0.0683 e. The van der Waals surface area contributed by atoms with E-state index in [0.717, 1.165) is 11.8 Å². The van der Waals surface area contributed by atoms with Crippen LogP contribution in [-0.2, 0) is 0 Å². The molecule has 0 bridgehead atoms. The summed E-state index contributed by atoms with van der Waals surface area (Å²) in [6, 6.07) is 0. The molecule has 0 atom stereocenters. The van der Waals surface area contributed by atoms with Gasteiger partial charge in [-0.25, -0.2) is 0 Å². The van der Waals surface area contributed by atoms with E-state index in [-0.39, 0.29) is 0 Å². The van der Waals surface area contributed by atoms with Gasteiger partial charge in [-0.2, -0.15) is 0 Å². The molecule has 0 aliphatic heterocycles. The van der Waals surface area contributed by atoms with E-state index in [1.807, 2.05) is 13.8 Å². The summed E-state index contributed by atoms with van der Waals surface area (Å²) in [7, 11) is 0. The molecular weight excluding hydrogens is 180 g/mol. The van der Waals surface area contributed by atoms with Crippen LogP contribution in [0.4, 0.5) is 0 Å². The Morgan fingerprint density at radius 3 is 1.20 bits per heavy atom. The lowest BCUT2D eigenvalue weighted by molar-refractivity contribution is 0.261. The Bertz CT molecular complexity index is 106. The third-order valence-corrected chi connectivity index (χ3v) is 2.80. The highest BCUT2D eigenvalue weighted by atomic mass is 14.2. The maximum absolute atomic E-state index is 2.41. The van der Waals surface area contributed by atoms with Crippen LogP contribution < -0.4 is 0 Å². The van der Waals surface area contributed by atoms with Gasteiger partial charge in [-0.3, -0.25) is 0 Å².